The molecule has 1 unspecified atom stereocenters. The van der Waals surface area contributed by atoms with E-state index in [1.807, 2.05) is 32.9 Å². The Morgan fingerprint density at radius 3 is 0.804 bits per heavy atom. The number of carboxylic acid groups (broad SMARTS) is 1. The molecule has 1 atom stereocenters. The number of halogens is 7. The van der Waals surface area contributed by atoms with Gasteiger partial charge in [-0.3, -0.25) is 14.2 Å². The molecule has 0 saturated carbocycles. The van der Waals surface area contributed by atoms with Crippen molar-refractivity contribution in [2.24, 2.45) is 0 Å². The van der Waals surface area contributed by atoms with E-state index in [0.717, 1.165) is 107 Å². The molecule has 0 spiro atoms. The number of hydrogen-bond acceptors (Lipinski definition) is 17. The summed E-state index contributed by atoms with van der Waals surface area (Å²) in [6.45, 7) is 72.1. The first-order valence-electron chi connectivity index (χ1n) is 48.8. The van der Waals surface area contributed by atoms with Gasteiger partial charge < -0.3 is 65.2 Å². The first-order valence-corrected chi connectivity index (χ1v) is 50.4. The molecular formula is C114H167F7LiNa2O18P. The van der Waals surface area contributed by atoms with E-state index in [-0.39, 0.29) is 188 Å². The molecule has 8 rings (SSSR count). The molecule has 3 N–H and O–H groups in total. The van der Waals surface area contributed by atoms with E-state index in [1.54, 1.807) is 34.6 Å². The minimum Gasteiger partial charge on any atom is -0.870 e. The summed E-state index contributed by atoms with van der Waals surface area (Å²) >= 11 is 0. The van der Waals surface area contributed by atoms with E-state index < -0.39 is 66.4 Å². The van der Waals surface area contributed by atoms with Gasteiger partial charge in [-0.15, -0.1) is 0 Å². The Kier molecular flexibility index (Phi) is 64.5. The first-order chi connectivity index (χ1) is 64.0. The first kappa shape index (κ1) is 143. The van der Waals surface area contributed by atoms with Crippen molar-refractivity contribution in [1.29, 1.82) is 0 Å². The predicted octanol–water partition coefficient (Wildman–Crippen LogP) is 22.7. The number of carboxylic acids is 1. The van der Waals surface area contributed by atoms with Crippen LogP contribution in [0.2, 0.25) is 0 Å². The van der Waals surface area contributed by atoms with Crippen LogP contribution < -0.4 is 96.9 Å². The van der Waals surface area contributed by atoms with Crippen LogP contribution in [0.4, 0.5) is 30.7 Å². The molecule has 0 amide bonds. The fraction of sp³-hybridized carbons (Fsp3) is 0.570. The molecule has 0 aromatic heterocycles. The van der Waals surface area contributed by atoms with E-state index in [4.69, 9.17) is 24.1 Å². The number of rotatable bonds is 34. The van der Waals surface area contributed by atoms with Crippen LogP contribution in [-0.2, 0) is 95.2 Å². The number of ketones is 2. The minimum absolute atomic E-state index is 0. The molecule has 0 heterocycles. The second kappa shape index (κ2) is 64.7. The van der Waals surface area contributed by atoms with Crippen molar-refractivity contribution in [2.75, 3.05) is 52.9 Å². The molecule has 4 aliphatic rings. The molecule has 143 heavy (non-hydrogen) atoms. The third kappa shape index (κ3) is 42.0. The average molecular weight is 2040 g/mol. The third-order valence-electron chi connectivity index (χ3n) is 25.3. The Labute approximate surface area is 909 Å². The standard InChI is InChI=1S/C28H38F2O3.C26H34F2O3.C24H33FO2.C21H29FO2.C8H16FO5P.C4H9.C3H6O.Li.2Na.2H2O/c1-9-15-33-24-17-22-21(27(5,6)13-14-28(22,7)8)16-20(24)19(4)23(29)12-11-18(3)25(30)26(31)32-10-2;1-8-13-31-22-15-20-19(25(4,5)11-12-26(20,6)7)14-18(22)17(3)21(27)10-9-16(2)23(28)24(29)30;1-8-13-27-22-15-20-19(23(4,5)11-12-24(20,6)7)14-18(22)17(3)21(25)10-9-16(2)26;1-7-10-24-19-12-17-16(11-15(19)14(2)18(22)13-23)20(3,4)8-9-21(17,5)6;1-4-12-8(10)7(9)15(11,13-5-2)14-6-3;1-3-4-2;1-3(2)4;;;;;/h11-12,16-17H,9-10,13-15H2,1-8H3;9-10,14-15H,8,11-13H2,1-7H3,(H,29,30);9-10,14-15H,8,11-13H2,1-7H3;11-13H,7-10H2,1-6H3;7H,4-6H2,1-3H3;1,3-4H2,2H3;1-2H3;;;;2*1H2/q;;;;;-1;;3*+1;;/p-2/b12-11+,23-19+,25-18-;10-9+,21-17+,23-16-;10-9+,21-17+;18-14+;;;;;;;;. The van der Waals surface area contributed by atoms with Crippen LogP contribution in [0.5, 0.6) is 23.0 Å². The van der Waals surface area contributed by atoms with Gasteiger partial charge in [0.05, 0.1) is 52.9 Å². The molecule has 0 aliphatic heterocycles. The molecule has 18 nitrogen and oxygen atoms in total. The number of aldehydes is 1. The largest absolute Gasteiger partial charge is 1.00 e. The fourth-order valence-corrected chi connectivity index (χ4v) is 17.4. The number of benzene rings is 4. The summed E-state index contributed by atoms with van der Waals surface area (Å²) in [6.07, 6.45) is 21.8. The second-order valence-corrected chi connectivity index (χ2v) is 43.0. The molecule has 4 aromatic carbocycles. The zero-order chi connectivity index (χ0) is 106. The van der Waals surface area contributed by atoms with Gasteiger partial charge in [0.1, 0.15) is 46.3 Å². The summed E-state index contributed by atoms with van der Waals surface area (Å²) < 4.78 is 154. The van der Waals surface area contributed by atoms with Gasteiger partial charge in [-0.05, 0) is 361 Å². The van der Waals surface area contributed by atoms with Gasteiger partial charge >= 0.3 is 103 Å². The Hall–Kier alpha value is -6.66. The summed E-state index contributed by atoms with van der Waals surface area (Å²) in [6, 6.07) is 16.6. The van der Waals surface area contributed by atoms with E-state index in [2.05, 4.69) is 186 Å². The number of hydrogen-bond donors (Lipinski definition) is 1. The maximum Gasteiger partial charge on any atom is 1.00 e. The van der Waals surface area contributed by atoms with Crippen molar-refractivity contribution in [1.82, 2.24) is 0 Å². The van der Waals surface area contributed by atoms with Crippen molar-refractivity contribution < 1.29 is 196 Å². The van der Waals surface area contributed by atoms with Crippen LogP contribution >= 0.6 is 7.60 Å². The van der Waals surface area contributed by atoms with Crippen LogP contribution in [0.25, 0.3) is 22.3 Å². The monoisotopic (exact) mass is 2040 g/mol. The average Bonchev–Trinajstić information content (AvgIpc) is 0.754. The number of fused-ring (bicyclic) bond motifs is 4. The van der Waals surface area contributed by atoms with Crippen LogP contribution in [0.1, 0.15) is 392 Å². The number of carbonyl (C=O) groups excluding carboxylic acids is 5. The third-order valence-corrected chi connectivity index (χ3v) is 27.3. The Bertz CT molecular complexity index is 5180. The zero-order valence-electron chi connectivity index (χ0n) is 93.6. The van der Waals surface area contributed by atoms with Gasteiger partial charge in [0.2, 0.25) is 11.7 Å². The number of unbranched alkanes of at least 4 members (excludes halogenated alkanes) is 1. The van der Waals surface area contributed by atoms with E-state index >= 15 is 8.78 Å². The van der Waals surface area contributed by atoms with Crippen molar-refractivity contribution in [2.45, 2.75) is 375 Å². The van der Waals surface area contributed by atoms with Crippen molar-refractivity contribution in [3.8, 4) is 23.0 Å². The molecule has 4 aromatic rings. The number of ether oxygens (including phenoxy) is 6. The molecule has 29 heteroatoms. The van der Waals surface area contributed by atoms with Gasteiger partial charge in [-0.25, -0.2) is 36.3 Å². The quantitative estimate of drug-likeness (QED) is 0.00665. The number of esters is 2. The SMILES string of the molecule is CC(C)=O.CCCOc1cc2c(cc1/C(C)=C(/F)C=O)C(C)(C)CCC2(C)C.CCCOc1cc2c(cc1/C(C)=C(F)\C=C\C(C)=O)C(C)(C)CCC2(C)C.CCCOc1cc2c(cc1\C(C)=C(F)/C=C/C(C)=C(\F)C(=O)O)C(C)(C)CCC2(C)C.CCCOc1cc2c(cc1\C(C)=C(F)/C=C/C(C)=C(\F)C(=O)OCC)C(C)(C)CCC2(C)C.CCOC(=O)C(F)P(=O)(OCC)OCC.[CH2-]CCC.[Li+].[Na+].[Na+].[OH-].[OH-]. The van der Waals surface area contributed by atoms with Gasteiger partial charge in [0, 0.05) is 22.3 Å². The van der Waals surface area contributed by atoms with Crippen molar-refractivity contribution in [3.63, 3.8) is 0 Å². The molecule has 4 aliphatic carbocycles. The number of alkyl halides is 1. The number of Topliss-reactive ketones (excluding diaryl/α,β-unsaturated/α-hetero) is 1. The smallest absolute Gasteiger partial charge is 0.870 e. The van der Waals surface area contributed by atoms with Crippen molar-refractivity contribution >= 4 is 65.6 Å². The minimum atomic E-state index is -4.04. The zero-order valence-corrected chi connectivity index (χ0v) is 98.5. The summed E-state index contributed by atoms with van der Waals surface area (Å²) in [5.74, 6) is -8.16. The van der Waals surface area contributed by atoms with Gasteiger partial charge in [-0.1, -0.05) is 164 Å². The van der Waals surface area contributed by atoms with Crippen LogP contribution in [0.15, 0.2) is 131 Å². The summed E-state index contributed by atoms with van der Waals surface area (Å²) in [7, 11) is -4.04. The molecule has 0 fully saturated rings. The number of carbonyl (C=O) groups is 6. The van der Waals surface area contributed by atoms with Gasteiger partial charge in [-0.2, -0.15) is 15.2 Å². The Morgan fingerprint density at radius 2 is 0.601 bits per heavy atom. The molecule has 788 valence electrons. The maximum absolute atomic E-state index is 15.2. The van der Waals surface area contributed by atoms with E-state index in [1.165, 1.54) is 131 Å². The second-order valence-electron chi connectivity index (χ2n) is 40.9. The topological polar surface area (TPSA) is 274 Å². The van der Waals surface area contributed by atoms with E-state index in [0.29, 0.717) is 82.7 Å². The van der Waals surface area contributed by atoms with Crippen LogP contribution in [0.3, 0.4) is 0 Å². The van der Waals surface area contributed by atoms with Gasteiger partial charge in [0.15, 0.2) is 17.9 Å². The molecule has 0 bridgehead atoms. The predicted molar refractivity (Wildman–Crippen MR) is 554 cm³/mol. The maximum atomic E-state index is 15.2. The summed E-state index contributed by atoms with van der Waals surface area (Å²) in [5, 5.41) is 8.74. The molecule has 0 saturated heterocycles. The van der Waals surface area contributed by atoms with Crippen LogP contribution in [-0.4, -0.2) is 111 Å². The Balaban J connectivity index is -0.000000833. The number of allylic oxidation sites excluding steroid dienone is 16. The van der Waals surface area contributed by atoms with Crippen LogP contribution in [0, 0.1) is 6.92 Å². The normalized spacial score (nSPS) is 16.9. The van der Waals surface area contributed by atoms with Gasteiger partial charge in [0.25, 0.3) is 5.91 Å². The van der Waals surface area contributed by atoms with E-state index in [9.17, 15) is 55.3 Å². The summed E-state index contributed by atoms with van der Waals surface area (Å²) in [4.78, 5) is 64.8. The molecular weight excluding hydrogens is 1870 g/mol. The Morgan fingerprint density at radius 1 is 0.378 bits per heavy atom. The fourth-order valence-electron chi connectivity index (χ4n) is 16.0. The van der Waals surface area contributed by atoms with Crippen molar-refractivity contribution in [3.05, 3.63) is 205 Å². The number of aliphatic carboxylic acids is 1. The molecule has 0 radical (unpaired) electrons. The summed E-state index contributed by atoms with van der Waals surface area (Å²) in [5.41, 5.74) is 14.4.